The Morgan fingerprint density at radius 2 is 1.94 bits per heavy atom. The summed E-state index contributed by atoms with van der Waals surface area (Å²) in [5.41, 5.74) is 0. The minimum absolute atomic E-state index is 0.0224. The third-order valence-electron chi connectivity index (χ3n) is 3.80. The van der Waals surface area contributed by atoms with Crippen molar-refractivity contribution in [2.24, 2.45) is 11.8 Å². The summed E-state index contributed by atoms with van der Waals surface area (Å²) < 4.78 is 0. The van der Waals surface area contributed by atoms with E-state index in [-0.39, 0.29) is 11.8 Å². The molecular weight excluding hydrogens is 216 g/mol. The van der Waals surface area contributed by atoms with Crippen molar-refractivity contribution in [3.8, 4) is 0 Å². The van der Waals surface area contributed by atoms with Gasteiger partial charge < -0.3 is 15.3 Å². The molecule has 0 spiro atoms. The van der Waals surface area contributed by atoms with Crippen molar-refractivity contribution in [3.63, 3.8) is 0 Å². The summed E-state index contributed by atoms with van der Waals surface area (Å²) in [6, 6.07) is 0. The number of hydrogen-bond acceptors (Lipinski definition) is 3. The standard InChI is InChI=1S/C14H26O3/c1-3-4-5-6-11(15)7-8-12-10(2)13(16)9-14(12)17/h7-8,10-17H,3-6,9H2,1-2H3/b8-7+/t10-,11+,12-,13+,14-/m1/s1. The molecular formula is C14H26O3. The Morgan fingerprint density at radius 1 is 1.24 bits per heavy atom. The highest BCUT2D eigenvalue weighted by Crippen LogP contribution is 2.33. The van der Waals surface area contributed by atoms with Gasteiger partial charge in [0.1, 0.15) is 0 Å². The van der Waals surface area contributed by atoms with Crippen LogP contribution in [0.1, 0.15) is 46.0 Å². The highest BCUT2D eigenvalue weighted by molar-refractivity contribution is 5.03. The normalized spacial score (nSPS) is 35.6. The largest absolute Gasteiger partial charge is 0.393 e. The Morgan fingerprint density at radius 3 is 2.47 bits per heavy atom. The van der Waals surface area contributed by atoms with Crippen LogP contribution in [-0.2, 0) is 0 Å². The summed E-state index contributed by atoms with van der Waals surface area (Å²) in [5, 5.41) is 29.1. The van der Waals surface area contributed by atoms with E-state index < -0.39 is 18.3 Å². The van der Waals surface area contributed by atoms with Crippen molar-refractivity contribution in [1.29, 1.82) is 0 Å². The first-order chi connectivity index (χ1) is 8.06. The molecule has 0 aromatic carbocycles. The molecule has 0 amide bonds. The zero-order valence-electron chi connectivity index (χ0n) is 10.9. The molecule has 1 fully saturated rings. The van der Waals surface area contributed by atoms with Crippen molar-refractivity contribution >= 4 is 0 Å². The maximum Gasteiger partial charge on any atom is 0.0721 e. The number of hydrogen-bond donors (Lipinski definition) is 3. The molecule has 0 unspecified atom stereocenters. The zero-order valence-corrected chi connectivity index (χ0v) is 10.9. The van der Waals surface area contributed by atoms with Gasteiger partial charge in [-0.05, 0) is 12.3 Å². The lowest BCUT2D eigenvalue weighted by Crippen LogP contribution is -2.17. The van der Waals surface area contributed by atoms with E-state index in [1.807, 2.05) is 13.0 Å². The average molecular weight is 242 g/mol. The van der Waals surface area contributed by atoms with E-state index >= 15 is 0 Å². The van der Waals surface area contributed by atoms with Crippen molar-refractivity contribution in [2.45, 2.75) is 64.3 Å². The third kappa shape index (κ3) is 4.41. The molecule has 0 saturated heterocycles. The van der Waals surface area contributed by atoms with Gasteiger partial charge in [0.25, 0.3) is 0 Å². The summed E-state index contributed by atoms with van der Waals surface area (Å²) in [7, 11) is 0. The smallest absolute Gasteiger partial charge is 0.0721 e. The molecule has 0 radical (unpaired) electrons. The van der Waals surface area contributed by atoms with Crippen LogP contribution in [0.15, 0.2) is 12.2 Å². The summed E-state index contributed by atoms with van der Waals surface area (Å²) in [6.07, 6.45) is 6.90. The molecule has 3 heteroatoms. The molecule has 100 valence electrons. The van der Waals surface area contributed by atoms with Gasteiger partial charge in [0.05, 0.1) is 18.3 Å². The van der Waals surface area contributed by atoms with Crippen LogP contribution < -0.4 is 0 Å². The van der Waals surface area contributed by atoms with Crippen molar-refractivity contribution in [2.75, 3.05) is 0 Å². The van der Waals surface area contributed by atoms with E-state index in [9.17, 15) is 15.3 Å². The average Bonchev–Trinajstić information content (AvgIpc) is 2.51. The minimum atomic E-state index is -0.473. The van der Waals surface area contributed by atoms with Crippen LogP contribution in [0, 0.1) is 11.8 Å². The summed E-state index contributed by atoms with van der Waals surface area (Å²) in [6.45, 7) is 4.08. The molecule has 0 heterocycles. The SMILES string of the molecule is CCCCC[C@H](O)/C=C/[C@@H]1[C@@H](C)[C@@H](O)C[C@H]1O. The van der Waals surface area contributed by atoms with Crippen molar-refractivity contribution < 1.29 is 15.3 Å². The molecule has 3 nitrogen and oxygen atoms in total. The first-order valence-electron chi connectivity index (χ1n) is 6.78. The molecule has 0 aromatic heterocycles. The van der Waals surface area contributed by atoms with Crippen LogP contribution in [0.5, 0.6) is 0 Å². The monoisotopic (exact) mass is 242 g/mol. The Hall–Kier alpha value is -0.380. The van der Waals surface area contributed by atoms with Gasteiger partial charge in [-0.15, -0.1) is 0 Å². The minimum Gasteiger partial charge on any atom is -0.393 e. The van der Waals surface area contributed by atoms with Gasteiger partial charge in [-0.3, -0.25) is 0 Å². The Labute approximate surface area is 104 Å². The van der Waals surface area contributed by atoms with Gasteiger partial charge in [-0.2, -0.15) is 0 Å². The second-order valence-electron chi connectivity index (χ2n) is 5.25. The topological polar surface area (TPSA) is 60.7 Å². The van der Waals surface area contributed by atoms with Crippen molar-refractivity contribution in [1.82, 2.24) is 0 Å². The molecule has 0 bridgehead atoms. The third-order valence-corrected chi connectivity index (χ3v) is 3.80. The zero-order chi connectivity index (χ0) is 12.8. The maximum absolute atomic E-state index is 9.76. The number of unbranched alkanes of at least 4 members (excludes halogenated alkanes) is 2. The van der Waals surface area contributed by atoms with Crippen LogP contribution in [0.25, 0.3) is 0 Å². The Kier molecular flexibility index (Phi) is 6.17. The van der Waals surface area contributed by atoms with Crippen LogP contribution >= 0.6 is 0 Å². The fraction of sp³-hybridized carbons (Fsp3) is 0.857. The molecule has 17 heavy (non-hydrogen) atoms. The lowest BCUT2D eigenvalue weighted by atomic mass is 9.94. The first-order valence-corrected chi connectivity index (χ1v) is 6.78. The van der Waals surface area contributed by atoms with E-state index in [0.29, 0.717) is 6.42 Å². The predicted molar refractivity (Wildman–Crippen MR) is 68.6 cm³/mol. The van der Waals surface area contributed by atoms with Crippen LogP contribution in [0.3, 0.4) is 0 Å². The van der Waals surface area contributed by atoms with E-state index in [4.69, 9.17) is 0 Å². The molecule has 1 aliphatic rings. The highest BCUT2D eigenvalue weighted by atomic mass is 16.3. The van der Waals surface area contributed by atoms with Gasteiger partial charge in [0, 0.05) is 12.3 Å². The Balaban J connectivity index is 2.36. The van der Waals surface area contributed by atoms with Gasteiger partial charge in [0.2, 0.25) is 0 Å². The molecule has 1 aliphatic carbocycles. The van der Waals surface area contributed by atoms with E-state index in [2.05, 4.69) is 6.92 Å². The fourth-order valence-electron chi connectivity index (χ4n) is 2.49. The summed E-state index contributed by atoms with van der Waals surface area (Å²) in [4.78, 5) is 0. The van der Waals surface area contributed by atoms with Crippen LogP contribution in [0.4, 0.5) is 0 Å². The molecule has 0 aliphatic heterocycles. The summed E-state index contributed by atoms with van der Waals surface area (Å²) >= 11 is 0. The van der Waals surface area contributed by atoms with Gasteiger partial charge in [-0.25, -0.2) is 0 Å². The summed E-state index contributed by atoms with van der Waals surface area (Å²) in [5.74, 6) is 0.0508. The fourth-order valence-corrected chi connectivity index (χ4v) is 2.49. The molecule has 5 atom stereocenters. The molecule has 1 rings (SSSR count). The number of aliphatic hydroxyl groups is 3. The second-order valence-corrected chi connectivity index (χ2v) is 5.25. The van der Waals surface area contributed by atoms with Crippen molar-refractivity contribution in [3.05, 3.63) is 12.2 Å². The van der Waals surface area contributed by atoms with Gasteiger partial charge in [0.15, 0.2) is 0 Å². The van der Waals surface area contributed by atoms with Gasteiger partial charge in [-0.1, -0.05) is 45.3 Å². The first kappa shape index (κ1) is 14.7. The molecule has 3 N–H and O–H groups in total. The predicted octanol–water partition coefficient (Wildman–Crippen LogP) is 1.86. The van der Waals surface area contributed by atoms with Crippen LogP contribution in [0.2, 0.25) is 0 Å². The lowest BCUT2D eigenvalue weighted by Gasteiger charge is -2.16. The van der Waals surface area contributed by atoms with E-state index in [1.165, 1.54) is 0 Å². The van der Waals surface area contributed by atoms with E-state index in [0.717, 1.165) is 25.7 Å². The quantitative estimate of drug-likeness (QED) is 0.492. The van der Waals surface area contributed by atoms with Crippen LogP contribution in [-0.4, -0.2) is 33.6 Å². The Bertz CT molecular complexity index is 240. The lowest BCUT2D eigenvalue weighted by molar-refractivity contribution is 0.123. The van der Waals surface area contributed by atoms with Gasteiger partial charge >= 0.3 is 0 Å². The molecule has 0 aromatic rings. The maximum atomic E-state index is 9.76. The molecule has 1 saturated carbocycles. The number of aliphatic hydroxyl groups excluding tert-OH is 3. The second kappa shape index (κ2) is 7.14. The van der Waals surface area contributed by atoms with E-state index in [1.54, 1.807) is 6.08 Å². The highest BCUT2D eigenvalue weighted by Gasteiger charge is 2.37. The number of rotatable bonds is 6.